The van der Waals surface area contributed by atoms with E-state index in [4.69, 9.17) is 0 Å². The lowest BCUT2D eigenvalue weighted by Gasteiger charge is -2.13. The fraction of sp³-hybridized carbons (Fsp3) is 0.562. The van der Waals surface area contributed by atoms with E-state index in [-0.39, 0.29) is 11.8 Å². The molecular formula is C16H23NO. The molecular weight excluding hydrogens is 222 g/mol. The van der Waals surface area contributed by atoms with Gasteiger partial charge in [-0.2, -0.15) is 0 Å². The zero-order valence-electron chi connectivity index (χ0n) is 11.6. The number of Topliss-reactive ketones (excluding diaryl/α,β-unsaturated/α-hetero) is 1. The van der Waals surface area contributed by atoms with Gasteiger partial charge in [-0.1, -0.05) is 38.1 Å². The topological polar surface area (TPSA) is 29.1 Å². The third-order valence-corrected chi connectivity index (χ3v) is 3.83. The lowest BCUT2D eigenvalue weighted by atomic mass is 9.96. The molecule has 2 atom stereocenters. The molecule has 2 unspecified atom stereocenters. The van der Waals surface area contributed by atoms with E-state index in [9.17, 15) is 4.79 Å². The molecule has 0 aromatic heterocycles. The summed E-state index contributed by atoms with van der Waals surface area (Å²) in [6.07, 6.45) is 3.56. The highest BCUT2D eigenvalue weighted by Gasteiger charge is 2.26. The van der Waals surface area contributed by atoms with Crippen molar-refractivity contribution in [3.8, 4) is 0 Å². The molecule has 0 spiro atoms. The van der Waals surface area contributed by atoms with Gasteiger partial charge in [-0.25, -0.2) is 0 Å². The molecule has 0 heterocycles. The average Bonchev–Trinajstić information content (AvgIpc) is 3.21. The van der Waals surface area contributed by atoms with Crippen molar-refractivity contribution in [3.63, 3.8) is 0 Å². The maximum atomic E-state index is 12.2. The third-order valence-electron chi connectivity index (χ3n) is 3.83. The van der Waals surface area contributed by atoms with Gasteiger partial charge in [0, 0.05) is 11.6 Å². The molecule has 1 N–H and O–H groups in total. The van der Waals surface area contributed by atoms with Crippen LogP contribution in [0.1, 0.15) is 61.9 Å². The van der Waals surface area contributed by atoms with E-state index >= 15 is 0 Å². The molecule has 2 heteroatoms. The molecule has 0 amide bonds. The summed E-state index contributed by atoms with van der Waals surface area (Å²) in [5, 5.41) is 3.35. The number of hydrogen-bond acceptors (Lipinski definition) is 2. The van der Waals surface area contributed by atoms with Crippen LogP contribution in [-0.4, -0.2) is 17.9 Å². The largest absolute Gasteiger partial charge is 0.305 e. The quantitative estimate of drug-likeness (QED) is 0.777. The first-order valence-electron chi connectivity index (χ1n) is 7.02. The summed E-state index contributed by atoms with van der Waals surface area (Å²) in [5.74, 6) is 0.772. The van der Waals surface area contributed by atoms with Crippen LogP contribution < -0.4 is 5.32 Å². The summed E-state index contributed by atoms with van der Waals surface area (Å²) in [4.78, 5) is 12.2. The SMILES string of the molecule is CCC(C)c1ccc(C(=O)C(C)NC2CC2)cc1. The molecule has 98 valence electrons. The van der Waals surface area contributed by atoms with Crippen LogP contribution in [0.4, 0.5) is 0 Å². The summed E-state index contributed by atoms with van der Waals surface area (Å²) in [6.45, 7) is 6.36. The number of hydrogen-bond donors (Lipinski definition) is 1. The van der Waals surface area contributed by atoms with E-state index in [1.807, 2.05) is 19.1 Å². The molecule has 1 aliphatic carbocycles. The molecule has 0 aliphatic heterocycles. The van der Waals surface area contributed by atoms with Crippen molar-refractivity contribution in [2.45, 2.75) is 58.0 Å². The Bertz CT molecular complexity index is 406. The van der Waals surface area contributed by atoms with E-state index in [2.05, 4.69) is 31.3 Å². The Morgan fingerprint density at radius 3 is 2.39 bits per heavy atom. The van der Waals surface area contributed by atoms with Crippen molar-refractivity contribution in [1.82, 2.24) is 5.32 Å². The Labute approximate surface area is 110 Å². The molecule has 0 radical (unpaired) electrons. The van der Waals surface area contributed by atoms with Crippen molar-refractivity contribution in [1.29, 1.82) is 0 Å². The van der Waals surface area contributed by atoms with Gasteiger partial charge in [-0.3, -0.25) is 4.79 Å². The maximum absolute atomic E-state index is 12.2. The second kappa shape index (κ2) is 5.66. The number of carbonyl (C=O) groups is 1. The smallest absolute Gasteiger partial charge is 0.179 e. The lowest BCUT2D eigenvalue weighted by Crippen LogP contribution is -2.35. The molecule has 18 heavy (non-hydrogen) atoms. The van der Waals surface area contributed by atoms with Crippen molar-refractivity contribution in [3.05, 3.63) is 35.4 Å². The average molecular weight is 245 g/mol. The van der Waals surface area contributed by atoms with Crippen LogP contribution in [-0.2, 0) is 0 Å². The molecule has 1 aromatic rings. The van der Waals surface area contributed by atoms with E-state index in [0.29, 0.717) is 12.0 Å². The van der Waals surface area contributed by atoms with Gasteiger partial charge in [-0.05, 0) is 37.7 Å². The molecule has 1 fully saturated rings. The summed E-state index contributed by atoms with van der Waals surface area (Å²) < 4.78 is 0. The Morgan fingerprint density at radius 2 is 1.89 bits per heavy atom. The van der Waals surface area contributed by atoms with Gasteiger partial charge >= 0.3 is 0 Å². The number of ketones is 1. The standard InChI is InChI=1S/C16H23NO/c1-4-11(2)13-5-7-14(8-6-13)16(18)12(3)17-15-9-10-15/h5-8,11-12,15,17H,4,9-10H2,1-3H3. The minimum atomic E-state index is -0.0630. The second-order valence-corrected chi connectivity index (χ2v) is 5.46. The number of benzene rings is 1. The zero-order chi connectivity index (χ0) is 13.1. The van der Waals surface area contributed by atoms with E-state index in [0.717, 1.165) is 12.0 Å². The maximum Gasteiger partial charge on any atom is 0.179 e. The minimum absolute atomic E-state index is 0.0630. The Hall–Kier alpha value is -1.15. The first-order chi connectivity index (χ1) is 8.61. The number of nitrogens with one attached hydrogen (secondary N) is 1. The van der Waals surface area contributed by atoms with Gasteiger partial charge in [0.2, 0.25) is 0 Å². The van der Waals surface area contributed by atoms with Crippen LogP contribution in [0.5, 0.6) is 0 Å². The summed E-state index contributed by atoms with van der Waals surface area (Å²) in [6, 6.07) is 8.62. The summed E-state index contributed by atoms with van der Waals surface area (Å²) in [7, 11) is 0. The summed E-state index contributed by atoms with van der Waals surface area (Å²) in [5.41, 5.74) is 2.14. The van der Waals surface area contributed by atoms with Gasteiger partial charge in [0.25, 0.3) is 0 Å². The predicted molar refractivity (Wildman–Crippen MR) is 75.1 cm³/mol. The molecule has 2 nitrogen and oxygen atoms in total. The molecule has 1 saturated carbocycles. The Balaban J connectivity index is 2.01. The highest BCUT2D eigenvalue weighted by Crippen LogP contribution is 2.21. The highest BCUT2D eigenvalue weighted by atomic mass is 16.1. The van der Waals surface area contributed by atoms with Crippen LogP contribution in [0.25, 0.3) is 0 Å². The van der Waals surface area contributed by atoms with Gasteiger partial charge in [0.1, 0.15) is 0 Å². The lowest BCUT2D eigenvalue weighted by molar-refractivity contribution is 0.0950. The summed E-state index contributed by atoms with van der Waals surface area (Å²) >= 11 is 0. The van der Waals surface area contributed by atoms with Crippen molar-refractivity contribution >= 4 is 5.78 Å². The third kappa shape index (κ3) is 3.20. The normalized spacial score (nSPS) is 18.4. The van der Waals surface area contributed by atoms with Crippen LogP contribution in [0, 0.1) is 0 Å². The van der Waals surface area contributed by atoms with Gasteiger partial charge < -0.3 is 5.32 Å². The van der Waals surface area contributed by atoms with E-state index < -0.39 is 0 Å². The molecule has 0 bridgehead atoms. The van der Waals surface area contributed by atoms with Crippen LogP contribution in [0.2, 0.25) is 0 Å². The number of rotatable bonds is 6. The van der Waals surface area contributed by atoms with Gasteiger partial charge in [0.15, 0.2) is 5.78 Å². The molecule has 0 saturated heterocycles. The highest BCUT2D eigenvalue weighted by molar-refractivity contribution is 5.99. The van der Waals surface area contributed by atoms with Crippen molar-refractivity contribution < 1.29 is 4.79 Å². The molecule has 1 aromatic carbocycles. The van der Waals surface area contributed by atoms with E-state index in [1.165, 1.54) is 18.4 Å². The van der Waals surface area contributed by atoms with Gasteiger partial charge in [-0.15, -0.1) is 0 Å². The minimum Gasteiger partial charge on any atom is -0.305 e. The number of carbonyl (C=O) groups excluding carboxylic acids is 1. The first kappa shape index (κ1) is 13.3. The molecule has 1 aliphatic rings. The van der Waals surface area contributed by atoms with Crippen LogP contribution in [0.15, 0.2) is 24.3 Å². The van der Waals surface area contributed by atoms with Crippen molar-refractivity contribution in [2.75, 3.05) is 0 Å². The monoisotopic (exact) mass is 245 g/mol. The Morgan fingerprint density at radius 1 is 1.28 bits per heavy atom. The zero-order valence-corrected chi connectivity index (χ0v) is 11.6. The fourth-order valence-corrected chi connectivity index (χ4v) is 2.14. The van der Waals surface area contributed by atoms with E-state index in [1.54, 1.807) is 0 Å². The van der Waals surface area contributed by atoms with Crippen LogP contribution in [0.3, 0.4) is 0 Å². The second-order valence-electron chi connectivity index (χ2n) is 5.46. The predicted octanol–water partition coefficient (Wildman–Crippen LogP) is 3.52. The fourth-order valence-electron chi connectivity index (χ4n) is 2.14. The van der Waals surface area contributed by atoms with Gasteiger partial charge in [0.05, 0.1) is 6.04 Å². The van der Waals surface area contributed by atoms with Crippen molar-refractivity contribution in [2.24, 2.45) is 0 Å². The first-order valence-corrected chi connectivity index (χ1v) is 7.02. The Kier molecular flexibility index (Phi) is 4.18. The van der Waals surface area contributed by atoms with Crippen LogP contribution >= 0.6 is 0 Å². The molecule has 2 rings (SSSR count).